The Morgan fingerprint density at radius 3 is 2.19 bits per heavy atom. The number of benzene rings is 1. The molecule has 0 saturated heterocycles. The first kappa shape index (κ1) is 22.7. The lowest BCUT2D eigenvalue weighted by Gasteiger charge is -2.19. The topological polar surface area (TPSA) is 122 Å². The molecule has 27 heavy (non-hydrogen) atoms. The van der Waals surface area contributed by atoms with Crippen LogP contribution in [-0.2, 0) is 25.8 Å². The molecule has 1 aromatic carbocycles. The third-order valence-electron chi connectivity index (χ3n) is 3.11. The van der Waals surface area contributed by atoms with Gasteiger partial charge < -0.3 is 10.1 Å². The highest BCUT2D eigenvalue weighted by Crippen LogP contribution is 2.29. The van der Waals surface area contributed by atoms with Crippen molar-refractivity contribution in [2.45, 2.75) is 32.5 Å². The molecule has 0 aliphatic rings. The van der Waals surface area contributed by atoms with E-state index in [1.165, 1.54) is 0 Å². The third-order valence-corrected chi connectivity index (χ3v) is 3.62. The number of alkyl halides is 3. The Bertz CT molecular complexity index is 763. The van der Waals surface area contributed by atoms with Crippen molar-refractivity contribution in [2.75, 3.05) is 11.2 Å². The Morgan fingerprint density at radius 1 is 1.19 bits per heavy atom. The Hall–Kier alpha value is -2.34. The molecule has 0 unspecified atom stereocenters. The average Bonchev–Trinajstić information content (AvgIpc) is 2.50. The van der Waals surface area contributed by atoms with E-state index in [0.29, 0.717) is 0 Å². The zero-order valence-electron chi connectivity index (χ0n) is 14.4. The van der Waals surface area contributed by atoms with Gasteiger partial charge in [-0.15, -0.1) is 0 Å². The fourth-order valence-electron chi connectivity index (χ4n) is 1.93. The number of hydrogen-bond acceptors (Lipinski definition) is 5. The lowest BCUT2D eigenvalue weighted by molar-refractivity contribution is -0.137. The Labute approximate surface area is 153 Å². The number of nitrogens with one attached hydrogen (secondary N) is 2. The minimum absolute atomic E-state index is 0.00893. The van der Waals surface area contributed by atoms with Crippen molar-refractivity contribution in [1.29, 1.82) is 0 Å². The minimum atomic E-state index is -4.52. The van der Waals surface area contributed by atoms with E-state index in [9.17, 15) is 31.2 Å². The monoisotopic (exact) mass is 412 g/mol. The lowest BCUT2D eigenvalue weighted by atomic mass is 10.1. The van der Waals surface area contributed by atoms with Gasteiger partial charge in [0.05, 0.1) is 5.56 Å². The van der Waals surface area contributed by atoms with Crippen LogP contribution in [0, 0.1) is 5.92 Å². The first-order valence-corrected chi connectivity index (χ1v) is 9.26. The molecule has 0 bridgehead atoms. The van der Waals surface area contributed by atoms with Crippen LogP contribution >= 0.6 is 0 Å². The number of hydrogen-bond donors (Lipinski definition) is 3. The molecule has 0 saturated carbocycles. The maximum atomic E-state index is 12.5. The van der Waals surface area contributed by atoms with E-state index >= 15 is 0 Å². The molecule has 1 atom stereocenters. The van der Waals surface area contributed by atoms with E-state index in [2.05, 4.69) is 5.32 Å². The summed E-state index contributed by atoms with van der Waals surface area (Å²) in [6.45, 7) is 3.44. The van der Waals surface area contributed by atoms with E-state index < -0.39 is 45.8 Å². The summed E-state index contributed by atoms with van der Waals surface area (Å²) in [5.41, 5.74) is -0.890. The van der Waals surface area contributed by atoms with Crippen molar-refractivity contribution >= 4 is 27.8 Å². The smallest absolute Gasteiger partial charge is 0.416 e. The van der Waals surface area contributed by atoms with Crippen LogP contribution in [0.3, 0.4) is 0 Å². The SMILES string of the molecule is CC(C)C[C@H](OC(=O)Nc1ccc(C(F)(F)F)cc1)C(=O)NCS(=O)(=O)O. The van der Waals surface area contributed by atoms with Crippen LogP contribution in [0.5, 0.6) is 0 Å². The zero-order chi connectivity index (χ0) is 20.8. The Morgan fingerprint density at radius 2 is 1.74 bits per heavy atom. The number of halogens is 3. The summed E-state index contributed by atoms with van der Waals surface area (Å²) in [5, 5.41) is 4.09. The predicted molar refractivity (Wildman–Crippen MR) is 89.3 cm³/mol. The molecule has 8 nitrogen and oxygen atoms in total. The second-order valence-corrected chi connectivity index (χ2v) is 7.44. The second kappa shape index (κ2) is 9.04. The van der Waals surface area contributed by atoms with E-state index in [1.54, 1.807) is 13.8 Å². The quantitative estimate of drug-likeness (QED) is 0.592. The molecule has 0 radical (unpaired) electrons. The van der Waals surface area contributed by atoms with Crippen LogP contribution in [-0.4, -0.2) is 37.0 Å². The summed E-state index contributed by atoms with van der Waals surface area (Å²) in [6.07, 6.45) is -6.94. The molecule has 0 heterocycles. The highest BCUT2D eigenvalue weighted by atomic mass is 32.2. The fraction of sp³-hybridized carbons (Fsp3) is 0.467. The number of amides is 2. The molecular formula is C15H19F3N2O6S. The van der Waals surface area contributed by atoms with Gasteiger partial charge in [0.2, 0.25) is 0 Å². The maximum absolute atomic E-state index is 12.5. The zero-order valence-corrected chi connectivity index (χ0v) is 15.2. The number of anilines is 1. The van der Waals surface area contributed by atoms with Gasteiger partial charge >= 0.3 is 12.3 Å². The first-order chi connectivity index (χ1) is 12.3. The van der Waals surface area contributed by atoms with Crippen LogP contribution in [0.15, 0.2) is 24.3 Å². The van der Waals surface area contributed by atoms with Crippen LogP contribution < -0.4 is 10.6 Å². The minimum Gasteiger partial charge on any atom is -0.436 e. The van der Waals surface area contributed by atoms with Crippen molar-refractivity contribution < 1.29 is 40.5 Å². The third kappa shape index (κ3) is 8.73. The van der Waals surface area contributed by atoms with Gasteiger partial charge in [-0.25, -0.2) is 4.79 Å². The molecule has 0 fully saturated rings. The largest absolute Gasteiger partial charge is 0.436 e. The molecule has 1 rings (SSSR count). The lowest BCUT2D eigenvalue weighted by Crippen LogP contribution is -2.41. The molecule has 0 aromatic heterocycles. The standard InChI is InChI=1S/C15H19F3N2O6S/c1-9(2)7-12(13(21)19-8-27(23,24)25)26-14(22)20-11-5-3-10(4-6-11)15(16,17)18/h3-6,9,12H,7-8H2,1-2H3,(H,19,21)(H,20,22)(H,23,24,25)/t12-/m0/s1. The second-order valence-electron chi connectivity index (χ2n) is 5.99. The van der Waals surface area contributed by atoms with Crippen molar-refractivity contribution in [1.82, 2.24) is 5.32 Å². The number of ether oxygens (including phenoxy) is 1. The van der Waals surface area contributed by atoms with Gasteiger partial charge in [0.25, 0.3) is 16.0 Å². The van der Waals surface area contributed by atoms with Gasteiger partial charge in [0.1, 0.15) is 5.88 Å². The van der Waals surface area contributed by atoms with Gasteiger partial charge in [-0.05, 0) is 36.6 Å². The summed E-state index contributed by atoms with van der Waals surface area (Å²) >= 11 is 0. The van der Waals surface area contributed by atoms with Crippen molar-refractivity contribution in [2.24, 2.45) is 5.92 Å². The van der Waals surface area contributed by atoms with Crippen molar-refractivity contribution in [3.8, 4) is 0 Å². The molecule has 152 valence electrons. The molecule has 2 amide bonds. The van der Waals surface area contributed by atoms with Crippen LogP contribution in [0.25, 0.3) is 0 Å². The molecule has 1 aromatic rings. The van der Waals surface area contributed by atoms with Crippen molar-refractivity contribution in [3.05, 3.63) is 29.8 Å². The summed E-state index contributed by atoms with van der Waals surface area (Å²) in [6, 6.07) is 3.56. The molecule has 0 spiro atoms. The molecular weight excluding hydrogens is 393 g/mol. The average molecular weight is 412 g/mol. The van der Waals surface area contributed by atoms with Gasteiger partial charge in [0.15, 0.2) is 6.10 Å². The number of carbonyl (C=O) groups is 2. The van der Waals surface area contributed by atoms with Gasteiger partial charge in [-0.3, -0.25) is 14.7 Å². The molecule has 3 N–H and O–H groups in total. The normalized spacial score (nSPS) is 13.1. The summed E-state index contributed by atoms with van der Waals surface area (Å²) < 4.78 is 72.4. The number of carbonyl (C=O) groups excluding carboxylic acids is 2. The highest BCUT2D eigenvalue weighted by molar-refractivity contribution is 7.85. The number of rotatable bonds is 7. The summed E-state index contributed by atoms with van der Waals surface area (Å²) in [7, 11) is -4.45. The summed E-state index contributed by atoms with van der Waals surface area (Å²) in [5.74, 6) is -2.10. The van der Waals surface area contributed by atoms with Crippen LogP contribution in [0.4, 0.5) is 23.7 Å². The van der Waals surface area contributed by atoms with E-state index in [-0.39, 0.29) is 18.0 Å². The molecule has 0 aliphatic heterocycles. The Kier molecular flexibility index (Phi) is 7.60. The van der Waals surface area contributed by atoms with E-state index in [1.807, 2.05) is 5.32 Å². The van der Waals surface area contributed by atoms with Crippen LogP contribution in [0.2, 0.25) is 0 Å². The highest BCUT2D eigenvalue weighted by Gasteiger charge is 2.30. The fourth-order valence-corrected chi connectivity index (χ4v) is 2.26. The van der Waals surface area contributed by atoms with Gasteiger partial charge in [0, 0.05) is 5.69 Å². The van der Waals surface area contributed by atoms with Crippen LogP contribution in [0.1, 0.15) is 25.8 Å². The predicted octanol–water partition coefficient (Wildman–Crippen LogP) is 2.63. The van der Waals surface area contributed by atoms with E-state index in [4.69, 9.17) is 9.29 Å². The van der Waals surface area contributed by atoms with Gasteiger partial charge in [-0.1, -0.05) is 13.8 Å². The van der Waals surface area contributed by atoms with E-state index in [0.717, 1.165) is 24.3 Å². The maximum Gasteiger partial charge on any atom is 0.416 e. The van der Waals surface area contributed by atoms with Crippen molar-refractivity contribution in [3.63, 3.8) is 0 Å². The molecule has 0 aliphatic carbocycles. The Balaban J connectivity index is 2.74. The molecule has 12 heteroatoms. The van der Waals surface area contributed by atoms with Gasteiger partial charge in [-0.2, -0.15) is 21.6 Å². The summed E-state index contributed by atoms with van der Waals surface area (Å²) in [4.78, 5) is 23.8. The first-order valence-electron chi connectivity index (χ1n) is 7.65.